The first-order chi connectivity index (χ1) is 9.61. The summed E-state index contributed by atoms with van der Waals surface area (Å²) in [6, 6.07) is 3.12. The lowest BCUT2D eigenvalue weighted by atomic mass is 9.77. The summed E-state index contributed by atoms with van der Waals surface area (Å²) in [4.78, 5) is 12.3. The molecule has 1 aromatic carbocycles. The quantitative estimate of drug-likeness (QED) is 0.682. The van der Waals surface area contributed by atoms with Gasteiger partial charge in [-0.3, -0.25) is 4.79 Å². The normalized spacial score (nSPS) is 22.8. The maximum atomic E-state index is 13.6. The van der Waals surface area contributed by atoms with Crippen molar-refractivity contribution in [3.63, 3.8) is 0 Å². The summed E-state index contributed by atoms with van der Waals surface area (Å²) in [7, 11) is 0. The van der Waals surface area contributed by atoms with Crippen LogP contribution in [0.5, 0.6) is 0 Å². The van der Waals surface area contributed by atoms with E-state index in [1.807, 2.05) is 0 Å². The molecule has 2 rings (SSSR count). The van der Waals surface area contributed by atoms with Gasteiger partial charge in [0.15, 0.2) is 5.78 Å². The molecular formula is C17H22F2O. The molecule has 0 bridgehead atoms. The molecular weight excluding hydrogens is 258 g/mol. The number of unbranched alkanes of at least 4 members (excludes halogenated alkanes) is 1. The molecule has 110 valence electrons. The molecule has 1 fully saturated rings. The van der Waals surface area contributed by atoms with E-state index in [4.69, 9.17) is 0 Å². The van der Waals surface area contributed by atoms with Crippen LogP contribution >= 0.6 is 0 Å². The third-order valence-electron chi connectivity index (χ3n) is 4.38. The third-order valence-corrected chi connectivity index (χ3v) is 4.38. The lowest BCUT2D eigenvalue weighted by Crippen LogP contribution is -2.23. The third kappa shape index (κ3) is 3.65. The van der Waals surface area contributed by atoms with Gasteiger partial charge in [-0.2, -0.15) is 0 Å². The van der Waals surface area contributed by atoms with Crippen molar-refractivity contribution >= 4 is 5.78 Å². The van der Waals surface area contributed by atoms with Crippen molar-refractivity contribution in [2.75, 3.05) is 0 Å². The van der Waals surface area contributed by atoms with Crippen molar-refractivity contribution in [3.05, 3.63) is 35.4 Å². The van der Waals surface area contributed by atoms with Gasteiger partial charge in [-0.1, -0.05) is 26.2 Å². The van der Waals surface area contributed by atoms with Crippen LogP contribution in [0.15, 0.2) is 18.2 Å². The number of hydrogen-bond donors (Lipinski definition) is 0. The monoisotopic (exact) mass is 280 g/mol. The van der Waals surface area contributed by atoms with Crippen LogP contribution in [-0.4, -0.2) is 5.78 Å². The molecule has 3 heteroatoms. The molecule has 1 saturated carbocycles. The number of ketones is 1. The van der Waals surface area contributed by atoms with E-state index in [-0.39, 0.29) is 17.3 Å². The second kappa shape index (κ2) is 6.96. The number of rotatable bonds is 5. The molecule has 0 amide bonds. The molecule has 0 atom stereocenters. The van der Waals surface area contributed by atoms with Crippen LogP contribution in [0, 0.1) is 23.5 Å². The van der Waals surface area contributed by atoms with Crippen LogP contribution in [0.2, 0.25) is 0 Å². The van der Waals surface area contributed by atoms with Gasteiger partial charge in [0.1, 0.15) is 11.6 Å². The molecule has 1 aliphatic rings. The first-order valence-electron chi connectivity index (χ1n) is 7.61. The van der Waals surface area contributed by atoms with E-state index < -0.39 is 11.6 Å². The minimum absolute atomic E-state index is 0.0815. The Morgan fingerprint density at radius 1 is 1.20 bits per heavy atom. The summed E-state index contributed by atoms with van der Waals surface area (Å²) in [5.74, 6) is -0.813. The standard InChI is InChI=1S/C17H22F2O/c1-2-3-4-12-5-7-13(8-6-12)17(20)15-11-14(18)9-10-16(15)19/h9-13H,2-8H2,1H3. The fourth-order valence-corrected chi connectivity index (χ4v) is 3.11. The summed E-state index contributed by atoms with van der Waals surface area (Å²) in [5, 5.41) is 0. The Labute approximate surface area is 119 Å². The van der Waals surface area contributed by atoms with Crippen molar-refractivity contribution in [3.8, 4) is 0 Å². The van der Waals surface area contributed by atoms with Gasteiger partial charge in [0.2, 0.25) is 0 Å². The maximum absolute atomic E-state index is 13.6. The van der Waals surface area contributed by atoms with Gasteiger partial charge in [0.25, 0.3) is 0 Å². The lowest BCUT2D eigenvalue weighted by molar-refractivity contribution is 0.0864. The highest BCUT2D eigenvalue weighted by Crippen LogP contribution is 2.34. The molecule has 1 aromatic rings. The zero-order valence-corrected chi connectivity index (χ0v) is 12.0. The molecule has 1 aliphatic carbocycles. The number of benzene rings is 1. The first kappa shape index (κ1) is 15.1. The van der Waals surface area contributed by atoms with Gasteiger partial charge in [-0.05, 0) is 49.8 Å². The van der Waals surface area contributed by atoms with E-state index in [0.29, 0.717) is 5.92 Å². The first-order valence-corrected chi connectivity index (χ1v) is 7.61. The molecule has 0 N–H and O–H groups in total. The summed E-state index contributed by atoms with van der Waals surface area (Å²) in [6.07, 6.45) is 7.36. The van der Waals surface area contributed by atoms with E-state index in [2.05, 4.69) is 6.92 Å². The second-order valence-electron chi connectivity index (χ2n) is 5.85. The molecule has 0 aliphatic heterocycles. The smallest absolute Gasteiger partial charge is 0.168 e. The fraction of sp³-hybridized carbons (Fsp3) is 0.588. The summed E-state index contributed by atoms with van der Waals surface area (Å²) >= 11 is 0. The summed E-state index contributed by atoms with van der Waals surface area (Å²) in [5.41, 5.74) is -0.0815. The molecule has 0 heterocycles. The van der Waals surface area contributed by atoms with Crippen molar-refractivity contribution in [1.82, 2.24) is 0 Å². The van der Waals surface area contributed by atoms with Gasteiger partial charge < -0.3 is 0 Å². The summed E-state index contributed by atoms with van der Waals surface area (Å²) in [6.45, 7) is 2.18. The molecule has 0 spiro atoms. The van der Waals surface area contributed by atoms with Crippen molar-refractivity contribution in [2.45, 2.75) is 51.9 Å². The molecule has 0 radical (unpaired) electrons. The average Bonchev–Trinajstić information content (AvgIpc) is 2.47. The number of halogens is 2. The SMILES string of the molecule is CCCCC1CCC(C(=O)c2cc(F)ccc2F)CC1. The van der Waals surface area contributed by atoms with Gasteiger partial charge in [-0.25, -0.2) is 8.78 Å². The highest BCUT2D eigenvalue weighted by Gasteiger charge is 2.28. The van der Waals surface area contributed by atoms with Crippen LogP contribution in [0.4, 0.5) is 8.78 Å². The molecule has 0 saturated heterocycles. The van der Waals surface area contributed by atoms with Gasteiger partial charge >= 0.3 is 0 Å². The molecule has 0 unspecified atom stereocenters. The Morgan fingerprint density at radius 3 is 2.55 bits per heavy atom. The Kier molecular flexibility index (Phi) is 5.27. The van der Waals surface area contributed by atoms with Crippen molar-refractivity contribution in [1.29, 1.82) is 0 Å². The van der Waals surface area contributed by atoms with E-state index in [1.165, 1.54) is 19.3 Å². The number of hydrogen-bond acceptors (Lipinski definition) is 1. The Morgan fingerprint density at radius 2 is 1.90 bits per heavy atom. The van der Waals surface area contributed by atoms with Crippen LogP contribution in [0.1, 0.15) is 62.2 Å². The predicted molar refractivity (Wildman–Crippen MR) is 75.7 cm³/mol. The van der Waals surface area contributed by atoms with E-state index in [0.717, 1.165) is 43.9 Å². The number of carbonyl (C=O) groups excluding carboxylic acids is 1. The van der Waals surface area contributed by atoms with Gasteiger partial charge in [0.05, 0.1) is 5.56 Å². The highest BCUT2D eigenvalue weighted by atomic mass is 19.1. The van der Waals surface area contributed by atoms with E-state index in [1.54, 1.807) is 0 Å². The van der Waals surface area contributed by atoms with Crippen molar-refractivity contribution < 1.29 is 13.6 Å². The zero-order valence-electron chi connectivity index (χ0n) is 12.0. The maximum Gasteiger partial charge on any atom is 0.168 e. The predicted octanol–water partition coefficient (Wildman–Crippen LogP) is 5.14. The van der Waals surface area contributed by atoms with E-state index >= 15 is 0 Å². The van der Waals surface area contributed by atoms with Crippen LogP contribution < -0.4 is 0 Å². The molecule has 1 nitrogen and oxygen atoms in total. The van der Waals surface area contributed by atoms with Crippen LogP contribution in [0.25, 0.3) is 0 Å². The summed E-state index contributed by atoms with van der Waals surface area (Å²) < 4.78 is 26.8. The highest BCUT2D eigenvalue weighted by molar-refractivity contribution is 5.98. The Bertz CT molecular complexity index is 462. The number of carbonyl (C=O) groups is 1. The molecule has 20 heavy (non-hydrogen) atoms. The minimum atomic E-state index is -0.607. The van der Waals surface area contributed by atoms with E-state index in [9.17, 15) is 13.6 Å². The topological polar surface area (TPSA) is 17.1 Å². The van der Waals surface area contributed by atoms with Crippen LogP contribution in [-0.2, 0) is 0 Å². The van der Waals surface area contributed by atoms with Crippen LogP contribution in [0.3, 0.4) is 0 Å². The average molecular weight is 280 g/mol. The molecule has 0 aromatic heterocycles. The minimum Gasteiger partial charge on any atom is -0.294 e. The van der Waals surface area contributed by atoms with Gasteiger partial charge in [0, 0.05) is 5.92 Å². The van der Waals surface area contributed by atoms with Crippen molar-refractivity contribution in [2.24, 2.45) is 11.8 Å². The lowest BCUT2D eigenvalue weighted by Gasteiger charge is -2.27. The number of Topliss-reactive ketones (excluding diaryl/α,β-unsaturated/α-hetero) is 1. The van der Waals surface area contributed by atoms with Gasteiger partial charge in [-0.15, -0.1) is 0 Å². The second-order valence-corrected chi connectivity index (χ2v) is 5.85. The Hall–Kier alpha value is -1.25. The fourth-order valence-electron chi connectivity index (χ4n) is 3.11. The Balaban J connectivity index is 1.96. The largest absolute Gasteiger partial charge is 0.294 e. The zero-order chi connectivity index (χ0) is 14.5.